The lowest BCUT2D eigenvalue weighted by molar-refractivity contribution is -0.139. The Balaban J connectivity index is 2.33. The van der Waals surface area contributed by atoms with Crippen LogP contribution in [0.15, 0.2) is 37.6 Å². The number of hydrogen-bond donors (Lipinski definition) is 2. The quantitative estimate of drug-likeness (QED) is 0.833. The Labute approximate surface area is 126 Å². The number of halogens is 1. The zero-order valence-electron chi connectivity index (χ0n) is 9.24. The van der Waals surface area contributed by atoms with Crippen molar-refractivity contribution >= 4 is 54.6 Å². The summed E-state index contributed by atoms with van der Waals surface area (Å²) >= 11 is 5.33. The Bertz CT molecular complexity index is 677. The van der Waals surface area contributed by atoms with E-state index < -0.39 is 22.0 Å². The third-order valence-corrected chi connectivity index (χ3v) is 7.21. The van der Waals surface area contributed by atoms with Crippen molar-refractivity contribution in [3.8, 4) is 0 Å². The molecule has 0 saturated carbocycles. The monoisotopic (exact) mass is 381 g/mol. The molecule has 0 bridgehead atoms. The Hall–Kier alpha value is -0.740. The number of hydrogen-bond acceptors (Lipinski definition) is 5. The molecular weight excluding hydrogens is 374 g/mol. The normalized spacial score (nSPS) is 13.3. The number of carboxylic acids is 1. The highest BCUT2D eigenvalue weighted by molar-refractivity contribution is 9.10. The summed E-state index contributed by atoms with van der Waals surface area (Å²) in [6.45, 7) is 0. The van der Waals surface area contributed by atoms with Crippen molar-refractivity contribution in [2.45, 2.75) is 10.3 Å². The minimum atomic E-state index is -3.87. The van der Waals surface area contributed by atoms with Gasteiger partial charge in [-0.2, -0.15) is 4.72 Å². The molecule has 0 aliphatic carbocycles. The molecule has 0 amide bonds. The zero-order valence-corrected chi connectivity index (χ0v) is 13.3. The zero-order chi connectivity index (χ0) is 14.0. The maximum atomic E-state index is 12.1. The van der Waals surface area contributed by atoms with Crippen molar-refractivity contribution in [2.24, 2.45) is 0 Å². The van der Waals surface area contributed by atoms with Gasteiger partial charge in [0, 0.05) is 9.35 Å². The second kappa shape index (κ2) is 5.71. The second-order valence-corrected chi connectivity index (χ2v) is 8.12. The molecule has 1 unspecified atom stereocenters. The third-order valence-electron chi connectivity index (χ3n) is 2.18. The Kier molecular flexibility index (Phi) is 4.41. The van der Waals surface area contributed by atoms with E-state index in [-0.39, 0.29) is 4.21 Å². The summed E-state index contributed by atoms with van der Waals surface area (Å²) in [5.41, 5.74) is 0. The largest absolute Gasteiger partial charge is 0.480 e. The van der Waals surface area contributed by atoms with Gasteiger partial charge in [0.1, 0.15) is 4.21 Å². The summed E-state index contributed by atoms with van der Waals surface area (Å²) in [5, 5.41) is 12.5. The standard InChI is InChI=1S/C10H8BrNO4S3/c11-6-3-5-18-10(6)19(15,16)12-8(9(13)14)7-2-1-4-17-7/h1-5,8,12H,(H,13,14). The first-order valence-corrected chi connectivity index (χ1v) is 8.97. The van der Waals surface area contributed by atoms with Gasteiger partial charge < -0.3 is 5.11 Å². The molecule has 19 heavy (non-hydrogen) atoms. The first-order chi connectivity index (χ1) is 8.92. The number of thiophene rings is 2. The molecule has 5 nitrogen and oxygen atoms in total. The predicted molar refractivity (Wildman–Crippen MR) is 77.0 cm³/mol. The van der Waals surface area contributed by atoms with Gasteiger partial charge in [0.25, 0.3) is 10.0 Å². The van der Waals surface area contributed by atoms with Crippen molar-refractivity contribution in [2.75, 3.05) is 0 Å². The fraction of sp³-hybridized carbons (Fsp3) is 0.100. The average molecular weight is 382 g/mol. The summed E-state index contributed by atoms with van der Waals surface area (Å²) in [5.74, 6) is -1.24. The van der Waals surface area contributed by atoms with Crippen molar-refractivity contribution < 1.29 is 18.3 Å². The maximum absolute atomic E-state index is 12.1. The number of rotatable bonds is 5. The average Bonchev–Trinajstić information content (AvgIpc) is 2.96. The van der Waals surface area contributed by atoms with Crippen LogP contribution in [0.25, 0.3) is 0 Å². The van der Waals surface area contributed by atoms with Gasteiger partial charge in [-0.1, -0.05) is 6.07 Å². The highest BCUT2D eigenvalue weighted by Crippen LogP contribution is 2.29. The van der Waals surface area contributed by atoms with E-state index in [9.17, 15) is 13.2 Å². The van der Waals surface area contributed by atoms with Crippen LogP contribution in [0.3, 0.4) is 0 Å². The van der Waals surface area contributed by atoms with Gasteiger partial charge in [-0.3, -0.25) is 4.79 Å². The van der Waals surface area contributed by atoms with Crippen LogP contribution in [0.2, 0.25) is 0 Å². The topological polar surface area (TPSA) is 83.5 Å². The molecule has 0 fully saturated rings. The van der Waals surface area contributed by atoms with Crippen LogP contribution < -0.4 is 4.72 Å². The molecule has 0 radical (unpaired) electrons. The molecule has 9 heteroatoms. The second-order valence-electron chi connectivity index (χ2n) is 3.46. The van der Waals surface area contributed by atoms with Gasteiger partial charge in [-0.05, 0) is 38.8 Å². The van der Waals surface area contributed by atoms with Crippen LogP contribution in [0.5, 0.6) is 0 Å². The maximum Gasteiger partial charge on any atom is 0.327 e. The molecule has 2 aromatic heterocycles. The number of nitrogens with one attached hydrogen (secondary N) is 1. The minimum absolute atomic E-state index is 0.0651. The van der Waals surface area contributed by atoms with Crippen LogP contribution in [-0.4, -0.2) is 19.5 Å². The summed E-state index contributed by atoms with van der Waals surface area (Å²) in [7, 11) is -3.87. The SMILES string of the molecule is O=C(O)C(NS(=O)(=O)c1sccc1Br)c1cccs1. The van der Waals surface area contributed by atoms with Gasteiger partial charge in [-0.25, -0.2) is 8.42 Å². The third kappa shape index (κ3) is 3.23. The fourth-order valence-corrected chi connectivity index (χ4v) is 5.73. The van der Waals surface area contributed by atoms with Crippen LogP contribution in [-0.2, 0) is 14.8 Å². The molecule has 0 spiro atoms. The molecule has 0 aromatic carbocycles. The highest BCUT2D eigenvalue weighted by atomic mass is 79.9. The van der Waals surface area contributed by atoms with Gasteiger partial charge >= 0.3 is 5.97 Å². The first kappa shape index (κ1) is 14.7. The van der Waals surface area contributed by atoms with Gasteiger partial charge in [0.15, 0.2) is 6.04 Å². The molecule has 2 rings (SSSR count). The van der Waals surface area contributed by atoms with E-state index in [1.54, 1.807) is 29.0 Å². The lowest BCUT2D eigenvalue weighted by Crippen LogP contribution is -2.33. The molecule has 0 aliphatic rings. The van der Waals surface area contributed by atoms with E-state index in [4.69, 9.17) is 5.11 Å². The van der Waals surface area contributed by atoms with Crippen molar-refractivity contribution in [1.29, 1.82) is 0 Å². The smallest absolute Gasteiger partial charge is 0.327 e. The molecule has 0 saturated heterocycles. The highest BCUT2D eigenvalue weighted by Gasteiger charge is 2.29. The van der Waals surface area contributed by atoms with Crippen molar-refractivity contribution in [3.05, 3.63) is 38.3 Å². The van der Waals surface area contributed by atoms with E-state index in [0.29, 0.717) is 9.35 Å². The lowest BCUT2D eigenvalue weighted by Gasteiger charge is -2.12. The van der Waals surface area contributed by atoms with Crippen LogP contribution in [0, 0.1) is 0 Å². The Morgan fingerprint density at radius 2 is 2.05 bits per heavy atom. The fourth-order valence-electron chi connectivity index (χ4n) is 1.37. The molecule has 2 aromatic rings. The molecule has 102 valence electrons. The Morgan fingerprint density at radius 3 is 2.53 bits per heavy atom. The number of sulfonamides is 1. The molecule has 2 heterocycles. The first-order valence-electron chi connectivity index (χ1n) is 4.93. The minimum Gasteiger partial charge on any atom is -0.480 e. The van der Waals surface area contributed by atoms with E-state index in [0.717, 1.165) is 11.3 Å². The number of carbonyl (C=O) groups is 1. The molecule has 2 N–H and O–H groups in total. The summed E-state index contributed by atoms with van der Waals surface area (Å²) in [6.07, 6.45) is 0. The molecular formula is C10H8BrNO4S3. The molecule has 1 atom stereocenters. The summed E-state index contributed by atoms with van der Waals surface area (Å²) in [4.78, 5) is 11.6. The van der Waals surface area contributed by atoms with Gasteiger partial charge in [0.2, 0.25) is 0 Å². The van der Waals surface area contributed by atoms with Gasteiger partial charge in [-0.15, -0.1) is 22.7 Å². The summed E-state index contributed by atoms with van der Waals surface area (Å²) in [6, 6.07) is 3.57. The molecule has 0 aliphatic heterocycles. The van der Waals surface area contributed by atoms with E-state index in [2.05, 4.69) is 20.7 Å². The Morgan fingerprint density at radius 1 is 1.32 bits per heavy atom. The van der Waals surface area contributed by atoms with Gasteiger partial charge in [0.05, 0.1) is 0 Å². The van der Waals surface area contributed by atoms with E-state index in [1.807, 2.05) is 0 Å². The van der Waals surface area contributed by atoms with Crippen molar-refractivity contribution in [3.63, 3.8) is 0 Å². The van der Waals surface area contributed by atoms with E-state index in [1.165, 1.54) is 11.3 Å². The number of aliphatic carboxylic acids is 1. The van der Waals surface area contributed by atoms with Crippen molar-refractivity contribution in [1.82, 2.24) is 4.72 Å². The lowest BCUT2D eigenvalue weighted by atomic mass is 10.3. The van der Waals surface area contributed by atoms with Crippen LogP contribution in [0.1, 0.15) is 10.9 Å². The van der Waals surface area contributed by atoms with Crippen LogP contribution >= 0.6 is 38.6 Å². The summed E-state index contributed by atoms with van der Waals surface area (Å²) < 4.78 is 27.0. The van der Waals surface area contributed by atoms with Crippen LogP contribution in [0.4, 0.5) is 0 Å². The predicted octanol–water partition coefficient (Wildman–Crippen LogP) is 2.68. The van der Waals surface area contributed by atoms with E-state index >= 15 is 0 Å². The number of carboxylic acid groups (broad SMARTS) is 1.